The van der Waals surface area contributed by atoms with E-state index in [1.807, 2.05) is 6.20 Å². The molecule has 134 valence electrons. The fourth-order valence-corrected chi connectivity index (χ4v) is 4.69. The Morgan fingerprint density at radius 1 is 1.12 bits per heavy atom. The predicted molar refractivity (Wildman–Crippen MR) is 104 cm³/mol. The van der Waals surface area contributed by atoms with E-state index in [0.717, 1.165) is 41.8 Å². The maximum absolute atomic E-state index is 10.1. The molecule has 2 heterocycles. The molecule has 0 unspecified atom stereocenters. The SMILES string of the molecule is CCc1cc(-c2c(C#N)c(C3CCCC3)nc3c2CCCCC3)ccn1. The summed E-state index contributed by atoms with van der Waals surface area (Å²) in [7, 11) is 0. The van der Waals surface area contributed by atoms with Gasteiger partial charge in [0.25, 0.3) is 0 Å². The molecule has 0 radical (unpaired) electrons. The molecular formula is C23H27N3. The minimum absolute atomic E-state index is 0.462. The van der Waals surface area contributed by atoms with Gasteiger partial charge in [0.15, 0.2) is 0 Å². The molecule has 2 aromatic rings. The van der Waals surface area contributed by atoms with E-state index < -0.39 is 0 Å². The minimum Gasteiger partial charge on any atom is -0.261 e. The zero-order valence-electron chi connectivity index (χ0n) is 15.7. The summed E-state index contributed by atoms with van der Waals surface area (Å²) < 4.78 is 0. The lowest BCUT2D eigenvalue weighted by molar-refractivity contribution is 0.681. The number of aryl methyl sites for hydroxylation is 2. The van der Waals surface area contributed by atoms with Crippen LogP contribution < -0.4 is 0 Å². The summed E-state index contributed by atoms with van der Waals surface area (Å²) in [4.78, 5) is 9.59. The first-order chi connectivity index (χ1) is 12.8. The van der Waals surface area contributed by atoms with Crippen LogP contribution in [0.3, 0.4) is 0 Å². The van der Waals surface area contributed by atoms with Crippen molar-refractivity contribution in [2.24, 2.45) is 0 Å². The van der Waals surface area contributed by atoms with E-state index in [9.17, 15) is 5.26 Å². The second kappa shape index (κ2) is 7.58. The van der Waals surface area contributed by atoms with Crippen LogP contribution in [0.25, 0.3) is 11.1 Å². The topological polar surface area (TPSA) is 49.6 Å². The van der Waals surface area contributed by atoms with E-state index in [2.05, 4.69) is 30.1 Å². The van der Waals surface area contributed by atoms with Crippen molar-refractivity contribution < 1.29 is 0 Å². The maximum atomic E-state index is 10.1. The Morgan fingerprint density at radius 3 is 2.69 bits per heavy atom. The fraction of sp³-hybridized carbons (Fsp3) is 0.522. The molecule has 0 saturated heterocycles. The molecule has 3 heteroatoms. The van der Waals surface area contributed by atoms with Gasteiger partial charge in [0.05, 0.1) is 11.3 Å². The molecule has 26 heavy (non-hydrogen) atoms. The fourth-order valence-electron chi connectivity index (χ4n) is 4.69. The van der Waals surface area contributed by atoms with Gasteiger partial charge in [0.1, 0.15) is 6.07 Å². The highest BCUT2D eigenvalue weighted by atomic mass is 14.7. The second-order valence-electron chi connectivity index (χ2n) is 7.72. The van der Waals surface area contributed by atoms with Crippen LogP contribution >= 0.6 is 0 Å². The van der Waals surface area contributed by atoms with Gasteiger partial charge in [-0.15, -0.1) is 0 Å². The largest absolute Gasteiger partial charge is 0.261 e. The maximum Gasteiger partial charge on any atom is 0.102 e. The monoisotopic (exact) mass is 345 g/mol. The molecule has 0 spiro atoms. The summed E-state index contributed by atoms with van der Waals surface area (Å²) in [5, 5.41) is 10.1. The summed E-state index contributed by atoms with van der Waals surface area (Å²) in [6.45, 7) is 2.13. The third-order valence-electron chi connectivity index (χ3n) is 6.07. The Hall–Kier alpha value is -2.21. The molecule has 0 atom stereocenters. The molecule has 0 amide bonds. The number of hydrogen-bond acceptors (Lipinski definition) is 3. The van der Waals surface area contributed by atoms with Crippen molar-refractivity contribution in [3.8, 4) is 17.2 Å². The smallest absolute Gasteiger partial charge is 0.102 e. The van der Waals surface area contributed by atoms with Gasteiger partial charge >= 0.3 is 0 Å². The number of hydrogen-bond donors (Lipinski definition) is 0. The Morgan fingerprint density at radius 2 is 1.92 bits per heavy atom. The Labute approximate surface area is 156 Å². The van der Waals surface area contributed by atoms with Crippen LogP contribution in [-0.4, -0.2) is 9.97 Å². The molecule has 2 aliphatic rings. The van der Waals surface area contributed by atoms with Crippen molar-refractivity contribution in [3.05, 3.63) is 46.5 Å². The van der Waals surface area contributed by atoms with Crippen LogP contribution in [0.4, 0.5) is 0 Å². The molecular weight excluding hydrogens is 318 g/mol. The van der Waals surface area contributed by atoms with Crippen molar-refractivity contribution in [2.75, 3.05) is 0 Å². The lowest BCUT2D eigenvalue weighted by Gasteiger charge is -2.20. The van der Waals surface area contributed by atoms with E-state index in [4.69, 9.17) is 4.98 Å². The first-order valence-electron chi connectivity index (χ1n) is 10.2. The molecule has 0 N–H and O–H groups in total. The van der Waals surface area contributed by atoms with Crippen molar-refractivity contribution in [2.45, 2.75) is 77.0 Å². The van der Waals surface area contributed by atoms with Crippen molar-refractivity contribution in [1.82, 2.24) is 9.97 Å². The van der Waals surface area contributed by atoms with E-state index in [0.29, 0.717) is 5.92 Å². The lowest BCUT2D eigenvalue weighted by atomic mass is 9.87. The van der Waals surface area contributed by atoms with E-state index in [1.54, 1.807) is 0 Å². The van der Waals surface area contributed by atoms with Gasteiger partial charge < -0.3 is 0 Å². The highest BCUT2D eigenvalue weighted by Crippen LogP contribution is 2.41. The van der Waals surface area contributed by atoms with Crippen molar-refractivity contribution in [1.29, 1.82) is 5.26 Å². The average molecular weight is 345 g/mol. The highest BCUT2D eigenvalue weighted by molar-refractivity contribution is 5.76. The summed E-state index contributed by atoms with van der Waals surface area (Å²) in [5.74, 6) is 0.462. The summed E-state index contributed by atoms with van der Waals surface area (Å²) in [6.07, 6.45) is 13.5. The molecule has 0 bridgehead atoms. The number of pyridine rings is 2. The number of aromatic nitrogens is 2. The number of nitrogens with zero attached hydrogens (tertiary/aromatic N) is 3. The standard InChI is InChI=1S/C23H27N3/c1-2-18-14-17(12-13-25-18)22-19-10-4-3-5-11-21(19)26-23(20(22)15-24)16-8-6-7-9-16/h12-14,16H,2-11H2,1H3. The van der Waals surface area contributed by atoms with Gasteiger partial charge in [-0.2, -0.15) is 5.26 Å². The van der Waals surface area contributed by atoms with Crippen molar-refractivity contribution >= 4 is 0 Å². The zero-order chi connectivity index (χ0) is 17.9. The first-order valence-corrected chi connectivity index (χ1v) is 10.2. The van der Waals surface area contributed by atoms with Gasteiger partial charge in [0.2, 0.25) is 0 Å². The van der Waals surface area contributed by atoms with Crippen LogP contribution in [0.2, 0.25) is 0 Å². The molecule has 0 aliphatic heterocycles. The Bertz CT molecular complexity index is 841. The number of fused-ring (bicyclic) bond motifs is 1. The molecule has 0 aromatic carbocycles. The summed E-state index contributed by atoms with van der Waals surface area (Å²) in [5.41, 5.74) is 7.92. The molecule has 2 aromatic heterocycles. The molecule has 3 nitrogen and oxygen atoms in total. The van der Waals surface area contributed by atoms with Crippen LogP contribution in [0.1, 0.15) is 86.0 Å². The van der Waals surface area contributed by atoms with E-state index >= 15 is 0 Å². The van der Waals surface area contributed by atoms with Gasteiger partial charge in [-0.05, 0) is 68.2 Å². The van der Waals surface area contributed by atoms with Gasteiger partial charge in [0, 0.05) is 29.1 Å². The van der Waals surface area contributed by atoms with Gasteiger partial charge in [-0.3, -0.25) is 9.97 Å². The number of rotatable bonds is 3. The van der Waals surface area contributed by atoms with Crippen LogP contribution in [-0.2, 0) is 19.3 Å². The van der Waals surface area contributed by atoms with E-state index in [-0.39, 0.29) is 0 Å². The van der Waals surface area contributed by atoms with Gasteiger partial charge in [-0.25, -0.2) is 0 Å². The Balaban J connectivity index is 1.97. The second-order valence-corrected chi connectivity index (χ2v) is 7.72. The lowest BCUT2D eigenvalue weighted by Crippen LogP contribution is -2.10. The molecule has 1 fully saturated rings. The predicted octanol–water partition coefficient (Wildman–Crippen LogP) is 5.50. The molecule has 4 rings (SSSR count). The highest BCUT2D eigenvalue weighted by Gasteiger charge is 2.28. The molecule has 2 aliphatic carbocycles. The van der Waals surface area contributed by atoms with Crippen molar-refractivity contribution in [3.63, 3.8) is 0 Å². The molecule has 1 saturated carbocycles. The van der Waals surface area contributed by atoms with Crippen LogP contribution in [0, 0.1) is 11.3 Å². The van der Waals surface area contributed by atoms with Crippen LogP contribution in [0.5, 0.6) is 0 Å². The zero-order valence-corrected chi connectivity index (χ0v) is 15.7. The normalized spacial score (nSPS) is 17.5. The first kappa shape index (κ1) is 17.2. The van der Waals surface area contributed by atoms with Crippen LogP contribution in [0.15, 0.2) is 18.3 Å². The third kappa shape index (κ3) is 3.14. The quantitative estimate of drug-likeness (QED) is 0.690. The average Bonchev–Trinajstić information content (AvgIpc) is 3.12. The number of nitriles is 1. The summed E-state index contributed by atoms with van der Waals surface area (Å²) >= 11 is 0. The Kier molecular flexibility index (Phi) is 5.02. The van der Waals surface area contributed by atoms with E-state index in [1.165, 1.54) is 61.8 Å². The third-order valence-corrected chi connectivity index (χ3v) is 6.07. The van der Waals surface area contributed by atoms with Gasteiger partial charge in [-0.1, -0.05) is 26.2 Å². The summed E-state index contributed by atoms with van der Waals surface area (Å²) in [6, 6.07) is 6.83. The minimum atomic E-state index is 0.462.